The van der Waals surface area contributed by atoms with Gasteiger partial charge in [0.05, 0.1) is 17.5 Å². The maximum Gasteiger partial charge on any atom is 0.247 e. The molecule has 1 fully saturated rings. The molecule has 0 spiro atoms. The molecule has 3 aliphatic carbocycles. The number of imide groups is 1. The highest BCUT2D eigenvalue weighted by Gasteiger charge is 2.73. The summed E-state index contributed by atoms with van der Waals surface area (Å²) in [6.07, 6.45) is 0. The third kappa shape index (κ3) is 3.73. The lowest BCUT2D eigenvalue weighted by molar-refractivity contribution is -0.146. The molecule has 1 saturated heterocycles. The van der Waals surface area contributed by atoms with Crippen molar-refractivity contribution in [2.24, 2.45) is 11.8 Å². The molecule has 4 aromatic rings. The van der Waals surface area contributed by atoms with Crippen molar-refractivity contribution in [1.29, 1.82) is 0 Å². The van der Waals surface area contributed by atoms with Crippen molar-refractivity contribution in [2.45, 2.75) is 22.7 Å². The highest BCUT2D eigenvalue weighted by atomic mass is 35.5. The van der Waals surface area contributed by atoms with Gasteiger partial charge in [-0.2, -0.15) is 0 Å². The van der Waals surface area contributed by atoms with E-state index in [0.717, 1.165) is 4.90 Å². The van der Waals surface area contributed by atoms with Crippen LogP contribution in [0.1, 0.15) is 45.1 Å². The first kappa shape index (κ1) is 27.8. The summed E-state index contributed by atoms with van der Waals surface area (Å²) in [5.41, 5.74) is 3.50. The minimum atomic E-state index is -1.35. The summed E-state index contributed by atoms with van der Waals surface area (Å²) in [4.78, 5) is 53.7. The highest BCUT2D eigenvalue weighted by Crippen LogP contribution is 2.69. The molecule has 1 heterocycles. The second kappa shape index (κ2) is 9.78. The monoisotopic (exact) mass is 628 g/mol. The van der Waals surface area contributed by atoms with Crippen molar-refractivity contribution in [3.05, 3.63) is 135 Å². The minimum absolute atomic E-state index is 0.176. The summed E-state index contributed by atoms with van der Waals surface area (Å²) >= 11 is 21.2. The number of carbonyl (C=O) groups excluding carboxylic acids is 4. The zero-order valence-electron chi connectivity index (χ0n) is 22.7. The standard InChI is InChI=1S/C34H23Cl3N2O4/c1-18(30(41)38-26-16-15-20(35)17-21(26)29(40)19-9-3-2-4-10-19)39-31(42)27-28(32(39)43)34(37)23-12-6-5-11-22(23)33(27,36)24-13-7-8-14-25(24)34/h2-18,27-28H,1H3,(H,38,41)/t18-,27-,28+,33?,34?/m0/s1. The van der Waals surface area contributed by atoms with Crippen molar-refractivity contribution >= 4 is 64.0 Å². The fourth-order valence-corrected chi connectivity index (χ4v) is 8.25. The molecule has 6 nitrogen and oxygen atoms in total. The van der Waals surface area contributed by atoms with E-state index in [1.807, 2.05) is 48.5 Å². The van der Waals surface area contributed by atoms with Gasteiger partial charge in [0.2, 0.25) is 17.7 Å². The largest absolute Gasteiger partial charge is 0.324 e. The van der Waals surface area contributed by atoms with Crippen LogP contribution in [0.25, 0.3) is 0 Å². The first-order chi connectivity index (χ1) is 20.6. The summed E-state index contributed by atoms with van der Waals surface area (Å²) in [5.74, 6) is -4.18. The minimum Gasteiger partial charge on any atom is -0.324 e. The molecule has 0 saturated carbocycles. The van der Waals surface area contributed by atoms with E-state index < -0.39 is 45.3 Å². The lowest BCUT2D eigenvalue weighted by Gasteiger charge is -2.54. The normalized spacial score (nSPS) is 25.5. The van der Waals surface area contributed by atoms with E-state index in [4.69, 9.17) is 34.8 Å². The van der Waals surface area contributed by atoms with E-state index in [1.54, 1.807) is 36.4 Å². The van der Waals surface area contributed by atoms with E-state index in [0.29, 0.717) is 32.8 Å². The zero-order valence-corrected chi connectivity index (χ0v) is 25.0. The molecule has 2 bridgehead atoms. The lowest BCUT2D eigenvalue weighted by Crippen LogP contribution is -2.57. The molecule has 8 rings (SSSR count). The van der Waals surface area contributed by atoms with Crippen LogP contribution in [0.5, 0.6) is 0 Å². The molecule has 3 amide bonds. The number of hydrogen-bond donors (Lipinski definition) is 1. The van der Waals surface area contributed by atoms with Crippen molar-refractivity contribution < 1.29 is 19.2 Å². The predicted molar refractivity (Wildman–Crippen MR) is 164 cm³/mol. The number of hydrogen-bond acceptors (Lipinski definition) is 4. The molecule has 9 heteroatoms. The van der Waals surface area contributed by atoms with Crippen LogP contribution in [0.15, 0.2) is 97.1 Å². The number of rotatable bonds is 5. The van der Waals surface area contributed by atoms with Gasteiger partial charge in [0.15, 0.2) is 5.78 Å². The molecule has 0 radical (unpaired) electrons. The number of halogens is 3. The van der Waals surface area contributed by atoms with Crippen LogP contribution in [0, 0.1) is 11.8 Å². The zero-order chi connectivity index (χ0) is 30.3. The Kier molecular flexibility index (Phi) is 6.33. The summed E-state index contributed by atoms with van der Waals surface area (Å²) in [7, 11) is 0. The summed E-state index contributed by atoms with van der Waals surface area (Å²) < 4.78 is 0. The average Bonchev–Trinajstić information content (AvgIpc) is 3.31. The lowest BCUT2D eigenvalue weighted by atomic mass is 9.54. The third-order valence-corrected chi connectivity index (χ3v) is 10.4. The van der Waals surface area contributed by atoms with Gasteiger partial charge in [-0.25, -0.2) is 0 Å². The molecule has 214 valence electrons. The SMILES string of the molecule is C[C@@H](C(=O)Nc1ccc(Cl)cc1C(=O)c1ccccc1)N1C(=O)[C@@H]2[C@H](C1=O)C1(Cl)c3ccccc3C2(Cl)c2ccccc21. The first-order valence-electron chi connectivity index (χ1n) is 13.7. The number of anilines is 1. The molecule has 0 unspecified atom stereocenters. The molecular formula is C34H23Cl3N2O4. The summed E-state index contributed by atoms with van der Waals surface area (Å²) in [6, 6.07) is 26.6. The molecule has 3 atom stereocenters. The second-order valence-corrected chi connectivity index (χ2v) is 12.7. The fourth-order valence-electron chi connectivity index (χ4n) is 6.98. The highest BCUT2D eigenvalue weighted by molar-refractivity contribution is 6.36. The number of alkyl halides is 2. The van der Waals surface area contributed by atoms with Gasteiger partial charge in [0, 0.05) is 16.1 Å². The van der Waals surface area contributed by atoms with Gasteiger partial charge >= 0.3 is 0 Å². The first-order valence-corrected chi connectivity index (χ1v) is 14.9. The van der Waals surface area contributed by atoms with Crippen LogP contribution < -0.4 is 5.32 Å². The van der Waals surface area contributed by atoms with E-state index in [9.17, 15) is 19.2 Å². The van der Waals surface area contributed by atoms with Crippen LogP contribution in [-0.4, -0.2) is 34.4 Å². The van der Waals surface area contributed by atoms with E-state index >= 15 is 0 Å². The Labute approximate surface area is 262 Å². The molecular weight excluding hydrogens is 607 g/mol. The summed E-state index contributed by atoms with van der Waals surface area (Å²) in [6.45, 7) is 1.47. The van der Waals surface area contributed by atoms with Crippen LogP contribution in [0.4, 0.5) is 5.69 Å². The van der Waals surface area contributed by atoms with Gasteiger partial charge in [-0.1, -0.05) is 90.5 Å². The number of benzene rings is 4. The van der Waals surface area contributed by atoms with Gasteiger partial charge in [0.1, 0.15) is 15.8 Å². The quantitative estimate of drug-likeness (QED) is 0.155. The van der Waals surface area contributed by atoms with Crippen molar-refractivity contribution in [3.8, 4) is 0 Å². The second-order valence-electron chi connectivity index (χ2n) is 11.1. The maximum absolute atomic E-state index is 14.2. The van der Waals surface area contributed by atoms with Crippen LogP contribution >= 0.6 is 34.8 Å². The van der Waals surface area contributed by atoms with Gasteiger partial charge in [0.25, 0.3) is 0 Å². The molecule has 1 aliphatic heterocycles. The van der Waals surface area contributed by atoms with E-state index in [1.165, 1.54) is 19.1 Å². The van der Waals surface area contributed by atoms with E-state index in [2.05, 4.69) is 5.32 Å². The Morgan fingerprint density at radius 1 is 0.744 bits per heavy atom. The van der Waals surface area contributed by atoms with Crippen LogP contribution in [0.3, 0.4) is 0 Å². The maximum atomic E-state index is 14.2. The Bertz CT molecular complexity index is 1750. The molecule has 43 heavy (non-hydrogen) atoms. The van der Waals surface area contributed by atoms with E-state index in [-0.39, 0.29) is 17.0 Å². The topological polar surface area (TPSA) is 83.6 Å². The average molecular weight is 630 g/mol. The van der Waals surface area contributed by atoms with Gasteiger partial charge in [-0.15, -0.1) is 23.2 Å². The van der Waals surface area contributed by atoms with Gasteiger partial charge in [-0.05, 0) is 47.4 Å². The molecule has 4 aliphatic rings. The van der Waals surface area contributed by atoms with Crippen molar-refractivity contribution in [1.82, 2.24) is 4.90 Å². The van der Waals surface area contributed by atoms with Crippen LogP contribution in [0.2, 0.25) is 5.02 Å². The number of ketones is 1. The third-order valence-electron chi connectivity index (χ3n) is 8.91. The Morgan fingerprint density at radius 2 is 1.21 bits per heavy atom. The Hall–Kier alpha value is -3.97. The smallest absolute Gasteiger partial charge is 0.247 e. The molecule has 0 aromatic heterocycles. The van der Waals surface area contributed by atoms with Crippen molar-refractivity contribution in [2.75, 3.05) is 5.32 Å². The van der Waals surface area contributed by atoms with Crippen LogP contribution in [-0.2, 0) is 24.1 Å². The molecule has 4 aromatic carbocycles. The predicted octanol–water partition coefficient (Wildman–Crippen LogP) is 6.49. The van der Waals surface area contributed by atoms with Crippen molar-refractivity contribution in [3.63, 3.8) is 0 Å². The summed E-state index contributed by atoms with van der Waals surface area (Å²) in [5, 5.41) is 3.06. The number of carbonyl (C=O) groups is 4. The number of likely N-dealkylation sites (tertiary alicyclic amines) is 1. The van der Waals surface area contributed by atoms with Gasteiger partial charge < -0.3 is 5.32 Å². The fraction of sp³-hybridized carbons (Fsp3) is 0.176. The number of nitrogens with one attached hydrogen (secondary N) is 1. The van der Waals surface area contributed by atoms with Gasteiger partial charge in [-0.3, -0.25) is 24.1 Å². The Morgan fingerprint density at radius 3 is 1.70 bits per heavy atom. The number of nitrogens with zero attached hydrogens (tertiary/aromatic N) is 1. The Balaban J connectivity index is 1.25. The molecule has 1 N–H and O–H groups in total. The number of amides is 3.